The smallest absolute Gasteiger partial charge is 0.231 e. The molecule has 0 N–H and O–H groups in total. The molecule has 1 aromatic heterocycles. The van der Waals surface area contributed by atoms with Crippen molar-refractivity contribution in [3.8, 4) is 23.0 Å². The number of pyridine rings is 1. The lowest BCUT2D eigenvalue weighted by molar-refractivity contribution is -0.642. The number of methoxy groups -OCH3 is 2. The molecule has 3 aromatic carbocycles. The van der Waals surface area contributed by atoms with Gasteiger partial charge in [0.1, 0.15) is 18.5 Å². The van der Waals surface area contributed by atoms with Gasteiger partial charge in [-0.3, -0.25) is 0 Å². The van der Waals surface area contributed by atoms with Crippen molar-refractivity contribution in [3.05, 3.63) is 42.6 Å². The quantitative estimate of drug-likeness (QED) is 0.409. The Morgan fingerprint density at radius 2 is 1.69 bits per heavy atom. The Balaban J connectivity index is 1.99. The Labute approximate surface area is 150 Å². The molecule has 5 heteroatoms. The molecule has 2 heterocycles. The van der Waals surface area contributed by atoms with Gasteiger partial charge in [-0.15, -0.1) is 0 Å². The minimum absolute atomic E-state index is 0.259. The maximum atomic E-state index is 5.76. The fourth-order valence-electron chi connectivity index (χ4n) is 3.81. The number of nitrogens with zero attached hydrogens (tertiary/aromatic N) is 1. The zero-order valence-corrected chi connectivity index (χ0v) is 14.8. The van der Waals surface area contributed by atoms with E-state index in [0.29, 0.717) is 0 Å². The number of hydrogen-bond donors (Lipinski definition) is 0. The molecule has 0 saturated carbocycles. The molecular formula is C21H18NO4+. The highest BCUT2D eigenvalue weighted by molar-refractivity contribution is 6.17. The van der Waals surface area contributed by atoms with Crippen LogP contribution in [0.5, 0.6) is 23.0 Å². The molecule has 0 unspecified atom stereocenters. The lowest BCUT2D eigenvalue weighted by atomic mass is 9.99. The van der Waals surface area contributed by atoms with E-state index >= 15 is 0 Å². The number of ether oxygens (including phenoxy) is 4. The fraction of sp³-hybridized carbons (Fsp3) is 0.190. The van der Waals surface area contributed by atoms with E-state index in [2.05, 4.69) is 29.0 Å². The van der Waals surface area contributed by atoms with E-state index in [1.807, 2.05) is 25.2 Å². The van der Waals surface area contributed by atoms with Crippen LogP contribution in [0.25, 0.3) is 32.4 Å². The topological polar surface area (TPSA) is 40.8 Å². The van der Waals surface area contributed by atoms with Crippen LogP contribution in [0.4, 0.5) is 0 Å². The zero-order valence-electron chi connectivity index (χ0n) is 14.8. The molecule has 0 saturated heterocycles. The monoisotopic (exact) mass is 348 g/mol. The van der Waals surface area contributed by atoms with E-state index in [4.69, 9.17) is 18.9 Å². The van der Waals surface area contributed by atoms with Gasteiger partial charge < -0.3 is 18.9 Å². The summed E-state index contributed by atoms with van der Waals surface area (Å²) in [7, 11) is 5.43. The van der Waals surface area contributed by atoms with Gasteiger partial charge in [-0.05, 0) is 41.8 Å². The van der Waals surface area contributed by atoms with Crippen molar-refractivity contribution in [2.75, 3.05) is 21.0 Å². The first kappa shape index (κ1) is 15.1. The predicted molar refractivity (Wildman–Crippen MR) is 99.4 cm³/mol. The van der Waals surface area contributed by atoms with Gasteiger partial charge in [-0.2, -0.15) is 4.57 Å². The number of benzene rings is 3. The van der Waals surface area contributed by atoms with E-state index < -0.39 is 0 Å². The third-order valence-electron chi connectivity index (χ3n) is 5.00. The van der Waals surface area contributed by atoms with Gasteiger partial charge in [0, 0.05) is 5.39 Å². The van der Waals surface area contributed by atoms with Crippen LogP contribution in [-0.4, -0.2) is 21.0 Å². The first-order chi connectivity index (χ1) is 12.7. The third kappa shape index (κ3) is 2.00. The molecule has 5 rings (SSSR count). The molecule has 130 valence electrons. The highest BCUT2D eigenvalue weighted by atomic mass is 16.7. The molecule has 5 nitrogen and oxygen atoms in total. The first-order valence-corrected chi connectivity index (χ1v) is 8.40. The number of hydrogen-bond acceptors (Lipinski definition) is 4. The minimum Gasteiger partial charge on any atom is -0.497 e. The molecule has 26 heavy (non-hydrogen) atoms. The van der Waals surface area contributed by atoms with Gasteiger partial charge in [0.05, 0.1) is 30.4 Å². The summed E-state index contributed by atoms with van der Waals surface area (Å²) in [5.41, 5.74) is 1.09. The molecule has 4 aromatic rings. The Kier molecular flexibility index (Phi) is 3.13. The van der Waals surface area contributed by atoms with E-state index in [0.717, 1.165) is 55.4 Å². The van der Waals surface area contributed by atoms with Crippen molar-refractivity contribution in [3.63, 3.8) is 0 Å². The van der Waals surface area contributed by atoms with Crippen molar-refractivity contribution in [2.45, 2.75) is 0 Å². The van der Waals surface area contributed by atoms with E-state index in [1.54, 1.807) is 14.2 Å². The molecule has 0 amide bonds. The molecule has 1 aliphatic heterocycles. The van der Waals surface area contributed by atoms with E-state index in [-0.39, 0.29) is 6.79 Å². The van der Waals surface area contributed by atoms with Crippen LogP contribution in [0.3, 0.4) is 0 Å². The number of fused-ring (bicyclic) bond motifs is 6. The normalized spacial score (nSPS) is 12.9. The Morgan fingerprint density at radius 1 is 0.885 bits per heavy atom. The second-order valence-electron chi connectivity index (χ2n) is 6.42. The summed E-state index contributed by atoms with van der Waals surface area (Å²) in [5, 5.41) is 5.45. The van der Waals surface area contributed by atoms with E-state index in [1.165, 1.54) is 0 Å². The van der Waals surface area contributed by atoms with E-state index in [9.17, 15) is 0 Å². The van der Waals surface area contributed by atoms with Gasteiger partial charge in [0.15, 0.2) is 17.7 Å². The molecule has 0 bridgehead atoms. The maximum absolute atomic E-state index is 5.76. The average molecular weight is 348 g/mol. The summed E-state index contributed by atoms with van der Waals surface area (Å²) in [5.74, 6) is 3.21. The number of rotatable bonds is 2. The molecule has 0 aliphatic carbocycles. The van der Waals surface area contributed by atoms with Crippen molar-refractivity contribution in [2.24, 2.45) is 7.05 Å². The van der Waals surface area contributed by atoms with Crippen molar-refractivity contribution in [1.82, 2.24) is 0 Å². The van der Waals surface area contributed by atoms with Crippen LogP contribution in [0.15, 0.2) is 42.6 Å². The van der Waals surface area contributed by atoms with Crippen LogP contribution < -0.4 is 23.5 Å². The van der Waals surface area contributed by atoms with Crippen molar-refractivity contribution >= 4 is 32.4 Å². The van der Waals surface area contributed by atoms with Gasteiger partial charge >= 0.3 is 0 Å². The average Bonchev–Trinajstić information content (AvgIpc) is 3.12. The summed E-state index contributed by atoms with van der Waals surface area (Å²) in [4.78, 5) is 0. The minimum atomic E-state index is 0.259. The van der Waals surface area contributed by atoms with Crippen LogP contribution in [0.1, 0.15) is 0 Å². The fourth-order valence-corrected chi connectivity index (χ4v) is 3.81. The Bertz CT molecular complexity index is 1200. The van der Waals surface area contributed by atoms with Crippen LogP contribution >= 0.6 is 0 Å². The Hall–Kier alpha value is -3.21. The van der Waals surface area contributed by atoms with Gasteiger partial charge in [-0.1, -0.05) is 0 Å². The van der Waals surface area contributed by atoms with Gasteiger partial charge in [0.2, 0.25) is 12.3 Å². The van der Waals surface area contributed by atoms with Crippen LogP contribution in [-0.2, 0) is 7.05 Å². The maximum Gasteiger partial charge on any atom is 0.231 e. The summed E-state index contributed by atoms with van der Waals surface area (Å²) >= 11 is 0. The summed E-state index contributed by atoms with van der Waals surface area (Å²) in [6, 6.07) is 12.2. The molecule has 0 spiro atoms. The lowest BCUT2D eigenvalue weighted by Gasteiger charge is -2.12. The summed E-state index contributed by atoms with van der Waals surface area (Å²) in [6.45, 7) is 0.259. The predicted octanol–water partition coefficient (Wildman–Crippen LogP) is 3.72. The highest BCUT2D eigenvalue weighted by Crippen LogP contribution is 2.42. The molecule has 1 aliphatic rings. The number of aryl methyl sites for hydroxylation is 1. The lowest BCUT2D eigenvalue weighted by Crippen LogP contribution is -2.28. The molecule has 0 fully saturated rings. The van der Waals surface area contributed by atoms with Crippen LogP contribution in [0.2, 0.25) is 0 Å². The zero-order chi connectivity index (χ0) is 17.8. The molecular weight excluding hydrogens is 330 g/mol. The largest absolute Gasteiger partial charge is 0.497 e. The second kappa shape index (κ2) is 5.39. The highest BCUT2D eigenvalue weighted by Gasteiger charge is 2.23. The molecule has 0 atom stereocenters. The second-order valence-corrected chi connectivity index (χ2v) is 6.42. The SMILES string of the molecule is COc1ccc2c(c1)c[n+](C)c1c3cc4c(cc3cc(OC)c21)OCO4. The first-order valence-electron chi connectivity index (χ1n) is 8.40. The summed E-state index contributed by atoms with van der Waals surface area (Å²) in [6.07, 6.45) is 2.11. The Morgan fingerprint density at radius 3 is 2.46 bits per heavy atom. The van der Waals surface area contributed by atoms with Crippen molar-refractivity contribution < 1.29 is 23.5 Å². The van der Waals surface area contributed by atoms with Gasteiger partial charge in [0.25, 0.3) is 0 Å². The third-order valence-corrected chi connectivity index (χ3v) is 5.00. The molecule has 0 radical (unpaired) electrons. The number of aromatic nitrogens is 1. The summed E-state index contributed by atoms with van der Waals surface area (Å²) < 4.78 is 24.4. The van der Waals surface area contributed by atoms with Gasteiger partial charge in [-0.25, -0.2) is 0 Å². The van der Waals surface area contributed by atoms with Crippen LogP contribution in [0, 0.1) is 0 Å². The standard InChI is InChI=1S/C21H18NO4/c1-22-10-13-6-14(23-2)4-5-15(13)20-19(24-3)8-12-7-17-18(26-11-25-17)9-16(12)21(20)22/h4-10H,11H2,1-3H3/q+1. The van der Waals surface area contributed by atoms with Crippen molar-refractivity contribution in [1.29, 1.82) is 0 Å².